The third kappa shape index (κ3) is 5.69. The number of rotatable bonds is 5. The third-order valence-corrected chi connectivity index (χ3v) is 2.87. The maximum absolute atomic E-state index is 12.8. The molecule has 25 heavy (non-hydrogen) atoms. The topological polar surface area (TPSA) is 61.4 Å². The van der Waals surface area contributed by atoms with Crippen molar-refractivity contribution >= 4 is 11.7 Å². The van der Waals surface area contributed by atoms with Crippen LogP contribution < -0.4 is 10.9 Å². The predicted molar refractivity (Wildman–Crippen MR) is 65.3 cm³/mol. The van der Waals surface area contributed by atoms with Gasteiger partial charge in [-0.25, -0.2) is 5.43 Å². The van der Waals surface area contributed by atoms with E-state index in [0.717, 1.165) is 0 Å². The SMILES string of the molecule is O=C(O)C(CNNc1cc(C(F)(F)F)ccc1C(F)(F)F)C(F)(F)F. The number of halogens is 9. The van der Waals surface area contributed by atoms with Gasteiger partial charge in [0.1, 0.15) is 0 Å². The van der Waals surface area contributed by atoms with Gasteiger partial charge in [-0.3, -0.25) is 4.79 Å². The summed E-state index contributed by atoms with van der Waals surface area (Å²) in [6, 6.07) is 0.300. The van der Waals surface area contributed by atoms with Crippen LogP contribution in [0.25, 0.3) is 0 Å². The number of carboxylic acids is 1. The van der Waals surface area contributed by atoms with Gasteiger partial charge in [0, 0.05) is 6.54 Å². The number of hydrogen-bond donors (Lipinski definition) is 3. The molecule has 0 heterocycles. The van der Waals surface area contributed by atoms with E-state index in [1.165, 1.54) is 0 Å². The van der Waals surface area contributed by atoms with Gasteiger partial charge in [0.25, 0.3) is 0 Å². The Hall–Kier alpha value is -2.18. The summed E-state index contributed by atoms with van der Waals surface area (Å²) in [6.07, 6.45) is -15.3. The Balaban J connectivity index is 3.05. The maximum Gasteiger partial charge on any atom is 0.418 e. The minimum absolute atomic E-state index is 0.0409. The lowest BCUT2D eigenvalue weighted by molar-refractivity contribution is -0.192. The zero-order valence-electron chi connectivity index (χ0n) is 11.8. The first-order valence-electron chi connectivity index (χ1n) is 6.21. The molecule has 0 aliphatic carbocycles. The van der Waals surface area contributed by atoms with E-state index in [1.54, 1.807) is 10.9 Å². The number of alkyl halides is 9. The Morgan fingerprint density at radius 3 is 1.96 bits per heavy atom. The molecule has 1 rings (SSSR count). The lowest BCUT2D eigenvalue weighted by Gasteiger charge is -2.20. The molecule has 13 heteroatoms. The number of hydrazine groups is 1. The zero-order chi connectivity index (χ0) is 19.6. The predicted octanol–water partition coefficient (Wildman–Crippen LogP) is 3.90. The molecule has 1 unspecified atom stereocenters. The summed E-state index contributed by atoms with van der Waals surface area (Å²) in [5.41, 5.74) is -1.13. The lowest BCUT2D eigenvalue weighted by atomic mass is 10.1. The average molecular weight is 384 g/mol. The summed E-state index contributed by atoms with van der Waals surface area (Å²) in [5, 5.41) is 8.42. The number of carbonyl (C=O) groups is 1. The second kappa shape index (κ2) is 6.98. The molecule has 1 aromatic carbocycles. The first kappa shape index (κ1) is 20.9. The highest BCUT2D eigenvalue weighted by atomic mass is 19.4. The summed E-state index contributed by atoms with van der Waals surface area (Å²) in [7, 11) is 0. The molecule has 0 aliphatic rings. The molecule has 4 nitrogen and oxygen atoms in total. The number of nitrogens with one attached hydrogen (secondary N) is 2. The van der Waals surface area contributed by atoms with E-state index in [9.17, 15) is 44.3 Å². The number of aliphatic carboxylic acids is 1. The maximum atomic E-state index is 12.8. The molecule has 0 bridgehead atoms. The van der Waals surface area contributed by atoms with Gasteiger partial charge in [-0.15, -0.1) is 0 Å². The molecule has 1 atom stereocenters. The van der Waals surface area contributed by atoms with Gasteiger partial charge < -0.3 is 10.5 Å². The van der Waals surface area contributed by atoms with E-state index in [-0.39, 0.29) is 18.2 Å². The van der Waals surface area contributed by atoms with Crippen LogP contribution in [0.2, 0.25) is 0 Å². The van der Waals surface area contributed by atoms with E-state index in [4.69, 9.17) is 5.11 Å². The second-order valence-electron chi connectivity index (χ2n) is 4.69. The van der Waals surface area contributed by atoms with Gasteiger partial charge in [-0.05, 0) is 18.2 Å². The Morgan fingerprint density at radius 1 is 1.00 bits per heavy atom. The van der Waals surface area contributed by atoms with Gasteiger partial charge in [0.15, 0.2) is 5.92 Å². The van der Waals surface area contributed by atoms with E-state index < -0.39 is 53.8 Å². The monoisotopic (exact) mass is 384 g/mol. The van der Waals surface area contributed by atoms with Crippen LogP contribution >= 0.6 is 0 Å². The second-order valence-corrected chi connectivity index (χ2v) is 4.69. The Morgan fingerprint density at radius 2 is 1.56 bits per heavy atom. The molecule has 0 radical (unpaired) electrons. The first-order valence-corrected chi connectivity index (χ1v) is 6.21. The standard InChI is InChI=1S/C12H9F9N2O2/c13-10(14,15)5-1-2-6(11(16,17)18)8(3-5)23-22-4-7(9(24)25)12(19,20)21/h1-3,7,22-23H,4H2,(H,24,25). The van der Waals surface area contributed by atoms with Crippen LogP contribution in [-0.4, -0.2) is 23.8 Å². The lowest BCUT2D eigenvalue weighted by Crippen LogP contribution is -2.41. The van der Waals surface area contributed by atoms with Gasteiger partial charge in [0.05, 0.1) is 16.8 Å². The summed E-state index contributed by atoms with van der Waals surface area (Å²) in [6.45, 7) is -1.41. The average Bonchev–Trinajstić information content (AvgIpc) is 2.39. The number of hydrogen-bond acceptors (Lipinski definition) is 3. The van der Waals surface area contributed by atoms with Crippen molar-refractivity contribution in [2.75, 3.05) is 12.0 Å². The minimum atomic E-state index is -5.21. The number of carboxylic acid groups (broad SMARTS) is 1. The molecule has 142 valence electrons. The van der Waals surface area contributed by atoms with Crippen LogP contribution in [0.4, 0.5) is 45.2 Å². The Kier molecular flexibility index (Phi) is 5.82. The van der Waals surface area contributed by atoms with Gasteiger partial charge in [0.2, 0.25) is 0 Å². The molecular formula is C12H9F9N2O2. The van der Waals surface area contributed by atoms with E-state index in [1.807, 2.05) is 0 Å². The summed E-state index contributed by atoms with van der Waals surface area (Å²) in [5.74, 6) is -5.28. The highest BCUT2D eigenvalue weighted by Gasteiger charge is 2.45. The van der Waals surface area contributed by atoms with Gasteiger partial charge >= 0.3 is 24.5 Å². The largest absolute Gasteiger partial charge is 0.481 e. The Labute approximate surface area is 133 Å². The first-order chi connectivity index (χ1) is 11.1. The fraction of sp³-hybridized carbons (Fsp3) is 0.417. The van der Waals surface area contributed by atoms with Crippen molar-refractivity contribution in [3.63, 3.8) is 0 Å². The molecule has 0 saturated heterocycles. The quantitative estimate of drug-likeness (QED) is 0.532. The number of anilines is 1. The Bertz CT molecular complexity index is 622. The molecule has 0 fully saturated rings. The molecule has 0 amide bonds. The molecule has 1 aromatic rings. The van der Waals surface area contributed by atoms with Crippen LogP contribution in [0, 0.1) is 5.92 Å². The van der Waals surface area contributed by atoms with Crippen molar-refractivity contribution in [3.8, 4) is 0 Å². The van der Waals surface area contributed by atoms with Crippen LogP contribution in [0.15, 0.2) is 18.2 Å². The van der Waals surface area contributed by atoms with Gasteiger partial charge in [-0.2, -0.15) is 39.5 Å². The van der Waals surface area contributed by atoms with Crippen molar-refractivity contribution in [2.45, 2.75) is 18.5 Å². The summed E-state index contributed by atoms with van der Waals surface area (Å²) in [4.78, 5) is 10.5. The highest BCUT2D eigenvalue weighted by molar-refractivity contribution is 5.71. The van der Waals surface area contributed by atoms with E-state index in [0.29, 0.717) is 0 Å². The molecule has 0 saturated carbocycles. The summed E-state index contributed by atoms with van der Waals surface area (Å²) >= 11 is 0. The fourth-order valence-corrected chi connectivity index (χ4v) is 1.66. The smallest absolute Gasteiger partial charge is 0.418 e. The van der Waals surface area contributed by atoms with Crippen LogP contribution in [0.1, 0.15) is 11.1 Å². The normalized spacial score (nSPS) is 14.3. The van der Waals surface area contributed by atoms with Gasteiger partial charge in [-0.1, -0.05) is 0 Å². The van der Waals surface area contributed by atoms with Crippen molar-refractivity contribution < 1.29 is 49.4 Å². The van der Waals surface area contributed by atoms with Crippen LogP contribution in [0.3, 0.4) is 0 Å². The fourth-order valence-electron chi connectivity index (χ4n) is 1.66. The van der Waals surface area contributed by atoms with Crippen molar-refractivity contribution in [1.29, 1.82) is 0 Å². The van der Waals surface area contributed by atoms with E-state index >= 15 is 0 Å². The van der Waals surface area contributed by atoms with Crippen molar-refractivity contribution in [3.05, 3.63) is 29.3 Å². The molecular weight excluding hydrogens is 375 g/mol. The van der Waals surface area contributed by atoms with E-state index in [2.05, 4.69) is 0 Å². The molecule has 0 aromatic heterocycles. The number of benzene rings is 1. The van der Waals surface area contributed by atoms with Crippen LogP contribution in [0.5, 0.6) is 0 Å². The highest BCUT2D eigenvalue weighted by Crippen LogP contribution is 2.38. The molecule has 3 N–H and O–H groups in total. The minimum Gasteiger partial charge on any atom is -0.481 e. The summed E-state index contributed by atoms with van der Waals surface area (Å²) < 4.78 is 113. The zero-order valence-corrected chi connectivity index (χ0v) is 11.8. The molecule has 0 aliphatic heterocycles. The van der Waals surface area contributed by atoms with Crippen molar-refractivity contribution in [1.82, 2.24) is 5.43 Å². The third-order valence-electron chi connectivity index (χ3n) is 2.87. The molecule has 0 spiro atoms. The van der Waals surface area contributed by atoms with Crippen LogP contribution in [-0.2, 0) is 17.1 Å². The van der Waals surface area contributed by atoms with Crippen molar-refractivity contribution in [2.24, 2.45) is 5.92 Å².